The number of imidazole rings is 2. The second-order valence-electron chi connectivity index (χ2n) is 8.74. The van der Waals surface area contributed by atoms with Crippen molar-refractivity contribution in [3.8, 4) is 0 Å². The second kappa shape index (κ2) is 8.22. The average Bonchev–Trinajstić information content (AvgIpc) is 3.58. The Kier molecular flexibility index (Phi) is 4.93. The molecule has 164 valence electrons. The molecule has 0 spiro atoms. The largest absolute Gasteiger partial charge is 0.353 e. The van der Waals surface area contributed by atoms with Crippen LogP contribution in [-0.2, 0) is 0 Å². The minimum absolute atomic E-state index is 0.366. The predicted octanol–water partition coefficient (Wildman–Crippen LogP) is 3.24. The first kappa shape index (κ1) is 19.2. The molecule has 0 aromatic carbocycles. The number of fused-ring (bicyclic) bond motifs is 1. The first-order valence-corrected chi connectivity index (χ1v) is 11.5. The Morgan fingerprint density at radius 1 is 0.750 bits per heavy atom. The van der Waals surface area contributed by atoms with E-state index in [1.165, 1.54) is 0 Å². The Morgan fingerprint density at radius 3 is 1.97 bits per heavy atom. The summed E-state index contributed by atoms with van der Waals surface area (Å²) in [4.78, 5) is 35.0. The summed E-state index contributed by atoms with van der Waals surface area (Å²) >= 11 is 0. The van der Waals surface area contributed by atoms with Gasteiger partial charge in [0.25, 0.3) is 0 Å². The predicted molar refractivity (Wildman–Crippen MR) is 123 cm³/mol. The molecule has 2 atom stereocenters. The van der Waals surface area contributed by atoms with Crippen molar-refractivity contribution in [3.63, 3.8) is 0 Å². The molecular formula is C23H27N9. The van der Waals surface area contributed by atoms with E-state index in [2.05, 4.69) is 34.7 Å². The van der Waals surface area contributed by atoms with Crippen molar-refractivity contribution in [1.29, 1.82) is 0 Å². The highest BCUT2D eigenvalue weighted by Crippen LogP contribution is 2.36. The monoisotopic (exact) mass is 429 g/mol. The van der Waals surface area contributed by atoms with Gasteiger partial charge in [-0.05, 0) is 37.8 Å². The molecule has 9 heteroatoms. The van der Waals surface area contributed by atoms with E-state index in [0.29, 0.717) is 17.5 Å². The van der Waals surface area contributed by atoms with Crippen LogP contribution in [-0.4, -0.2) is 61.1 Å². The van der Waals surface area contributed by atoms with Gasteiger partial charge >= 0.3 is 0 Å². The lowest BCUT2D eigenvalue weighted by Crippen LogP contribution is -2.40. The van der Waals surface area contributed by atoms with Crippen LogP contribution in [0.25, 0.3) is 11.2 Å². The number of aromatic nitrogens is 7. The van der Waals surface area contributed by atoms with Gasteiger partial charge in [-0.1, -0.05) is 0 Å². The van der Waals surface area contributed by atoms with Crippen LogP contribution in [0, 0.1) is 0 Å². The van der Waals surface area contributed by atoms with Gasteiger partial charge < -0.3 is 19.8 Å². The quantitative estimate of drug-likeness (QED) is 0.513. The lowest BCUT2D eigenvalue weighted by molar-refractivity contribution is 0.481. The second-order valence-corrected chi connectivity index (χ2v) is 8.74. The summed E-state index contributed by atoms with van der Waals surface area (Å²) in [5, 5.41) is 0. The Bertz CT molecular complexity index is 1080. The number of H-pyrrole nitrogens is 2. The summed E-state index contributed by atoms with van der Waals surface area (Å²) in [6.07, 6.45) is 13.7. The van der Waals surface area contributed by atoms with Crippen molar-refractivity contribution < 1.29 is 0 Å². The maximum Gasteiger partial charge on any atom is 0.180 e. The smallest absolute Gasteiger partial charge is 0.180 e. The number of rotatable bonds is 4. The van der Waals surface area contributed by atoms with Gasteiger partial charge in [0.1, 0.15) is 17.2 Å². The molecule has 6 rings (SSSR count). The molecule has 2 saturated heterocycles. The van der Waals surface area contributed by atoms with Crippen LogP contribution >= 0.6 is 0 Å². The maximum atomic E-state index is 5.08. The summed E-state index contributed by atoms with van der Waals surface area (Å²) in [6, 6.07) is 3.93. The number of anilines is 2. The van der Waals surface area contributed by atoms with E-state index in [1.54, 1.807) is 6.20 Å². The van der Waals surface area contributed by atoms with Crippen molar-refractivity contribution >= 4 is 22.8 Å². The van der Waals surface area contributed by atoms with Crippen molar-refractivity contribution in [2.75, 3.05) is 36.0 Å². The molecule has 0 amide bonds. The highest BCUT2D eigenvalue weighted by molar-refractivity contribution is 5.78. The normalized spacial score (nSPS) is 21.9. The van der Waals surface area contributed by atoms with Crippen molar-refractivity contribution in [2.45, 2.75) is 37.5 Å². The summed E-state index contributed by atoms with van der Waals surface area (Å²) in [6.45, 7) is 3.70. The van der Waals surface area contributed by atoms with Crippen LogP contribution in [0.4, 0.5) is 11.6 Å². The highest BCUT2D eigenvalue weighted by atomic mass is 15.3. The molecule has 32 heavy (non-hydrogen) atoms. The molecular weight excluding hydrogens is 402 g/mol. The van der Waals surface area contributed by atoms with Crippen LogP contribution in [0.3, 0.4) is 0 Å². The molecule has 0 radical (unpaired) electrons. The van der Waals surface area contributed by atoms with Crippen LogP contribution in [0.15, 0.2) is 43.1 Å². The lowest BCUT2D eigenvalue weighted by atomic mass is 9.96. The number of piperidine rings is 2. The topological polar surface area (TPSA) is 103 Å². The number of pyridine rings is 1. The van der Waals surface area contributed by atoms with E-state index >= 15 is 0 Å². The molecule has 4 aromatic heterocycles. The number of nitrogens with zero attached hydrogens (tertiary/aromatic N) is 7. The van der Waals surface area contributed by atoms with Crippen LogP contribution in [0.2, 0.25) is 0 Å². The van der Waals surface area contributed by atoms with Gasteiger partial charge in [-0.3, -0.25) is 0 Å². The van der Waals surface area contributed by atoms with Crippen molar-refractivity contribution in [1.82, 2.24) is 34.9 Å². The minimum atomic E-state index is 0.366. The molecule has 2 aliphatic heterocycles. The van der Waals surface area contributed by atoms with Gasteiger partial charge in [-0.15, -0.1) is 0 Å². The van der Waals surface area contributed by atoms with E-state index in [-0.39, 0.29) is 0 Å². The first-order valence-electron chi connectivity index (χ1n) is 11.5. The van der Waals surface area contributed by atoms with Gasteiger partial charge in [0.2, 0.25) is 0 Å². The number of nitrogens with one attached hydrogen (secondary N) is 2. The molecule has 0 bridgehead atoms. The zero-order chi connectivity index (χ0) is 21.3. The minimum Gasteiger partial charge on any atom is -0.353 e. The third kappa shape index (κ3) is 3.57. The molecule has 0 aliphatic carbocycles. The fourth-order valence-electron chi connectivity index (χ4n) is 5.09. The standard InChI is InChI=1S/C23H27N9/c1-6-18-21(24-7-1)30-23(32-13-3-5-17(15-32)20-27-10-11-28-20)22(29-18)31-12-2-4-16(14-31)19-25-8-9-26-19/h1,6-11,16-17H,2-5,12-15H2,(H,25,26)(H,27,28). The molecule has 4 aromatic rings. The zero-order valence-corrected chi connectivity index (χ0v) is 18.0. The maximum absolute atomic E-state index is 5.08. The Morgan fingerprint density at radius 2 is 1.38 bits per heavy atom. The van der Waals surface area contributed by atoms with Crippen molar-refractivity contribution in [2.24, 2.45) is 0 Å². The fourth-order valence-corrected chi connectivity index (χ4v) is 5.09. The Hall–Kier alpha value is -3.49. The number of hydrogen-bond donors (Lipinski definition) is 2. The molecule has 2 fully saturated rings. The van der Waals surface area contributed by atoms with Gasteiger partial charge in [-0.25, -0.2) is 24.9 Å². The molecule has 2 unspecified atom stereocenters. The fraction of sp³-hybridized carbons (Fsp3) is 0.435. The Balaban J connectivity index is 1.37. The first-order chi connectivity index (χ1) is 15.8. The van der Waals surface area contributed by atoms with Gasteiger partial charge in [0.15, 0.2) is 17.3 Å². The third-order valence-electron chi connectivity index (χ3n) is 6.66. The molecule has 0 saturated carbocycles. The summed E-state index contributed by atoms with van der Waals surface area (Å²) < 4.78 is 0. The lowest BCUT2D eigenvalue weighted by Gasteiger charge is -2.38. The van der Waals surface area contributed by atoms with Crippen LogP contribution in [0.5, 0.6) is 0 Å². The van der Waals surface area contributed by atoms with E-state index in [9.17, 15) is 0 Å². The average molecular weight is 430 g/mol. The Labute approximate surface area is 186 Å². The van der Waals surface area contributed by atoms with Crippen molar-refractivity contribution in [3.05, 3.63) is 54.8 Å². The molecule has 6 heterocycles. The van der Waals surface area contributed by atoms with E-state index < -0.39 is 0 Å². The highest BCUT2D eigenvalue weighted by Gasteiger charge is 2.31. The molecule has 9 nitrogen and oxygen atoms in total. The summed E-state index contributed by atoms with van der Waals surface area (Å²) in [5.41, 5.74) is 1.54. The summed E-state index contributed by atoms with van der Waals surface area (Å²) in [5.74, 6) is 4.75. The molecule has 2 N–H and O–H groups in total. The van der Waals surface area contributed by atoms with Gasteiger partial charge in [-0.2, -0.15) is 0 Å². The van der Waals surface area contributed by atoms with Crippen LogP contribution < -0.4 is 9.80 Å². The zero-order valence-electron chi connectivity index (χ0n) is 18.0. The van der Waals surface area contributed by atoms with Gasteiger partial charge in [0, 0.05) is 69.0 Å². The van der Waals surface area contributed by atoms with E-state index in [1.807, 2.05) is 36.9 Å². The van der Waals surface area contributed by atoms with E-state index in [0.717, 1.165) is 80.7 Å². The van der Waals surface area contributed by atoms with Crippen LogP contribution in [0.1, 0.15) is 49.2 Å². The number of aromatic amines is 2. The van der Waals surface area contributed by atoms with Gasteiger partial charge in [0.05, 0.1) is 0 Å². The molecule has 2 aliphatic rings. The summed E-state index contributed by atoms with van der Waals surface area (Å²) in [7, 11) is 0. The third-order valence-corrected chi connectivity index (χ3v) is 6.66. The number of hydrogen-bond acceptors (Lipinski definition) is 7. The van der Waals surface area contributed by atoms with E-state index in [4.69, 9.17) is 9.97 Å². The SMILES string of the molecule is c1cnc2nc(N3CCCC(c4ncc[nH]4)C3)c(N3CCCC(c4ncc[nH]4)C3)nc2c1.